The standard InChI is InChI=1S/C15H26O/c1-9(2)12-8-15(4,5)14(16)13-10(3)6-7-11(12)13/h9-10,12,14,16H,6-8H2,1-5H3/t10-,12-,14-/m0/s1. The molecule has 0 bridgehead atoms. The van der Waals surface area contributed by atoms with E-state index >= 15 is 0 Å². The molecule has 0 saturated carbocycles. The van der Waals surface area contributed by atoms with E-state index in [1.54, 1.807) is 5.57 Å². The van der Waals surface area contributed by atoms with E-state index < -0.39 is 0 Å². The highest BCUT2D eigenvalue weighted by atomic mass is 16.3. The van der Waals surface area contributed by atoms with Gasteiger partial charge < -0.3 is 5.11 Å². The lowest BCUT2D eigenvalue weighted by molar-refractivity contribution is 0.0392. The molecule has 1 nitrogen and oxygen atoms in total. The van der Waals surface area contributed by atoms with Gasteiger partial charge in [-0.1, -0.05) is 40.2 Å². The van der Waals surface area contributed by atoms with Crippen LogP contribution in [0.5, 0.6) is 0 Å². The predicted molar refractivity (Wildman–Crippen MR) is 68.2 cm³/mol. The van der Waals surface area contributed by atoms with E-state index in [4.69, 9.17) is 0 Å². The van der Waals surface area contributed by atoms with Crippen LogP contribution in [0.25, 0.3) is 0 Å². The molecule has 2 aliphatic carbocycles. The van der Waals surface area contributed by atoms with Gasteiger partial charge in [0.05, 0.1) is 6.10 Å². The lowest BCUT2D eigenvalue weighted by atomic mass is 9.64. The van der Waals surface area contributed by atoms with E-state index in [1.165, 1.54) is 18.4 Å². The van der Waals surface area contributed by atoms with Gasteiger partial charge in [-0.3, -0.25) is 0 Å². The molecule has 0 aromatic heterocycles. The zero-order valence-corrected chi connectivity index (χ0v) is 11.4. The van der Waals surface area contributed by atoms with Crippen molar-refractivity contribution < 1.29 is 5.11 Å². The van der Waals surface area contributed by atoms with Gasteiger partial charge >= 0.3 is 0 Å². The van der Waals surface area contributed by atoms with Crippen molar-refractivity contribution in [2.45, 2.75) is 60.0 Å². The van der Waals surface area contributed by atoms with E-state index in [2.05, 4.69) is 34.6 Å². The first-order valence-corrected chi connectivity index (χ1v) is 6.75. The lowest BCUT2D eigenvalue weighted by Gasteiger charge is -2.43. The number of aliphatic hydroxyl groups excluding tert-OH is 1. The number of allylic oxidation sites excluding steroid dienone is 1. The van der Waals surface area contributed by atoms with Crippen molar-refractivity contribution in [1.82, 2.24) is 0 Å². The highest BCUT2D eigenvalue weighted by Gasteiger charge is 2.45. The normalized spacial score (nSPS) is 38.1. The Balaban J connectivity index is 2.42. The zero-order chi connectivity index (χ0) is 12.1. The fourth-order valence-corrected chi connectivity index (χ4v) is 3.69. The van der Waals surface area contributed by atoms with Crippen LogP contribution in [-0.4, -0.2) is 11.2 Å². The summed E-state index contributed by atoms with van der Waals surface area (Å²) in [5.41, 5.74) is 3.07. The summed E-state index contributed by atoms with van der Waals surface area (Å²) in [5.74, 6) is 2.02. The smallest absolute Gasteiger partial charge is 0.0806 e. The molecule has 0 unspecified atom stereocenters. The zero-order valence-electron chi connectivity index (χ0n) is 11.4. The van der Waals surface area contributed by atoms with Gasteiger partial charge in [-0.15, -0.1) is 0 Å². The second-order valence-corrected chi connectivity index (χ2v) is 6.87. The number of rotatable bonds is 1. The number of hydrogen-bond donors (Lipinski definition) is 1. The third-order valence-corrected chi connectivity index (χ3v) is 4.78. The van der Waals surface area contributed by atoms with Gasteiger partial charge in [-0.25, -0.2) is 0 Å². The maximum absolute atomic E-state index is 10.5. The summed E-state index contributed by atoms with van der Waals surface area (Å²) in [7, 11) is 0. The van der Waals surface area contributed by atoms with Gasteiger partial charge in [0.15, 0.2) is 0 Å². The molecule has 0 aromatic carbocycles. The molecule has 0 fully saturated rings. The Morgan fingerprint density at radius 2 is 1.94 bits per heavy atom. The lowest BCUT2D eigenvalue weighted by Crippen LogP contribution is -2.40. The maximum atomic E-state index is 10.5. The van der Waals surface area contributed by atoms with Crippen LogP contribution in [0.4, 0.5) is 0 Å². The van der Waals surface area contributed by atoms with Crippen LogP contribution < -0.4 is 0 Å². The first-order chi connectivity index (χ1) is 7.34. The molecular weight excluding hydrogens is 196 g/mol. The summed E-state index contributed by atoms with van der Waals surface area (Å²) in [4.78, 5) is 0. The highest BCUT2D eigenvalue weighted by Crippen LogP contribution is 2.52. The first kappa shape index (κ1) is 12.2. The fourth-order valence-electron chi connectivity index (χ4n) is 3.69. The van der Waals surface area contributed by atoms with Crippen LogP contribution in [0, 0.1) is 23.2 Å². The van der Waals surface area contributed by atoms with Crippen LogP contribution in [0.1, 0.15) is 53.9 Å². The van der Waals surface area contributed by atoms with Gasteiger partial charge in [0.1, 0.15) is 0 Å². The minimum atomic E-state index is -0.199. The summed E-state index contributed by atoms with van der Waals surface area (Å²) >= 11 is 0. The van der Waals surface area contributed by atoms with E-state index in [9.17, 15) is 5.11 Å². The molecule has 0 radical (unpaired) electrons. The van der Waals surface area contributed by atoms with Crippen LogP contribution in [-0.2, 0) is 0 Å². The summed E-state index contributed by atoms with van der Waals surface area (Å²) in [6, 6.07) is 0. The van der Waals surface area contributed by atoms with Crippen molar-refractivity contribution in [1.29, 1.82) is 0 Å². The van der Waals surface area contributed by atoms with Crippen molar-refractivity contribution in [3.05, 3.63) is 11.1 Å². The molecule has 3 atom stereocenters. The van der Waals surface area contributed by atoms with Crippen LogP contribution in [0.3, 0.4) is 0 Å². The van der Waals surface area contributed by atoms with E-state index in [0.29, 0.717) is 17.8 Å². The Bertz CT molecular complexity index is 311. The molecule has 1 N–H and O–H groups in total. The average molecular weight is 222 g/mol. The molecule has 1 heteroatoms. The molecule has 0 spiro atoms. The molecular formula is C15H26O. The molecule has 0 aliphatic heterocycles. The van der Waals surface area contributed by atoms with E-state index in [-0.39, 0.29) is 11.5 Å². The van der Waals surface area contributed by atoms with Crippen LogP contribution in [0.15, 0.2) is 11.1 Å². The molecule has 0 saturated heterocycles. The van der Waals surface area contributed by atoms with Gasteiger partial charge in [-0.2, -0.15) is 0 Å². The molecule has 2 aliphatic rings. The molecule has 92 valence electrons. The van der Waals surface area contributed by atoms with Crippen molar-refractivity contribution in [3.8, 4) is 0 Å². The number of aliphatic hydroxyl groups is 1. The Morgan fingerprint density at radius 3 is 2.50 bits per heavy atom. The second-order valence-electron chi connectivity index (χ2n) is 6.87. The van der Waals surface area contributed by atoms with Crippen LogP contribution >= 0.6 is 0 Å². The minimum Gasteiger partial charge on any atom is -0.388 e. The first-order valence-electron chi connectivity index (χ1n) is 6.75. The number of hydrogen-bond acceptors (Lipinski definition) is 1. The average Bonchev–Trinajstić information content (AvgIpc) is 2.54. The molecule has 2 rings (SSSR count). The predicted octanol–water partition coefficient (Wildman–Crippen LogP) is 3.78. The summed E-state index contributed by atoms with van der Waals surface area (Å²) in [5, 5.41) is 10.5. The van der Waals surface area contributed by atoms with E-state index in [0.717, 1.165) is 6.42 Å². The summed E-state index contributed by atoms with van der Waals surface area (Å²) in [6.45, 7) is 11.4. The SMILES string of the molecule is CC(C)[C@@H]1CC(C)(C)[C@@H](O)C2=C1CC[C@@H]2C. The Kier molecular flexibility index (Phi) is 2.94. The van der Waals surface area contributed by atoms with Crippen molar-refractivity contribution in [2.75, 3.05) is 0 Å². The van der Waals surface area contributed by atoms with Gasteiger partial charge in [0, 0.05) is 0 Å². The van der Waals surface area contributed by atoms with Crippen molar-refractivity contribution >= 4 is 0 Å². The van der Waals surface area contributed by atoms with Crippen LogP contribution in [0.2, 0.25) is 0 Å². The fraction of sp³-hybridized carbons (Fsp3) is 0.867. The molecule has 16 heavy (non-hydrogen) atoms. The van der Waals surface area contributed by atoms with Gasteiger partial charge in [0.2, 0.25) is 0 Å². The minimum absolute atomic E-state index is 0.0619. The van der Waals surface area contributed by atoms with Crippen molar-refractivity contribution in [3.63, 3.8) is 0 Å². The highest BCUT2D eigenvalue weighted by molar-refractivity contribution is 5.33. The van der Waals surface area contributed by atoms with Crippen molar-refractivity contribution in [2.24, 2.45) is 23.2 Å². The quantitative estimate of drug-likeness (QED) is 0.669. The maximum Gasteiger partial charge on any atom is 0.0806 e. The third-order valence-electron chi connectivity index (χ3n) is 4.78. The Labute approximate surface area is 99.9 Å². The summed E-state index contributed by atoms with van der Waals surface area (Å²) in [6.07, 6.45) is 3.43. The van der Waals surface area contributed by atoms with Gasteiger partial charge in [-0.05, 0) is 48.0 Å². The van der Waals surface area contributed by atoms with E-state index in [1.807, 2.05) is 0 Å². The second kappa shape index (κ2) is 3.87. The molecule has 0 aromatic rings. The van der Waals surface area contributed by atoms with Gasteiger partial charge in [0.25, 0.3) is 0 Å². The molecule has 0 amide bonds. The Hall–Kier alpha value is -0.300. The third kappa shape index (κ3) is 1.73. The topological polar surface area (TPSA) is 20.2 Å². The molecule has 0 heterocycles. The summed E-state index contributed by atoms with van der Waals surface area (Å²) < 4.78 is 0. The largest absolute Gasteiger partial charge is 0.388 e. The monoisotopic (exact) mass is 222 g/mol. The Morgan fingerprint density at radius 1 is 1.31 bits per heavy atom.